The van der Waals surface area contributed by atoms with Gasteiger partial charge in [-0.3, -0.25) is 4.79 Å². The number of rotatable bonds is 5. The third-order valence-corrected chi connectivity index (χ3v) is 2.93. The first-order valence-corrected chi connectivity index (χ1v) is 6.25. The van der Waals surface area contributed by atoms with Crippen LogP contribution in [0.15, 0.2) is 41.0 Å². The monoisotopic (exact) mass is 277 g/mol. The summed E-state index contributed by atoms with van der Waals surface area (Å²) in [6.45, 7) is 1.82. The van der Waals surface area contributed by atoms with E-state index in [1.54, 1.807) is 24.5 Å². The van der Waals surface area contributed by atoms with E-state index in [1.165, 1.54) is 19.2 Å². The van der Waals surface area contributed by atoms with Gasteiger partial charge in [0.2, 0.25) is 5.91 Å². The normalized spacial score (nSPS) is 11.9. The summed E-state index contributed by atoms with van der Waals surface area (Å²) in [5.74, 6) is 0.174. The Morgan fingerprint density at radius 2 is 2.25 bits per heavy atom. The standard InChI is InChI=1S/C15H16FNO3/c1-10(13-4-3-7-20-13)17-15(18)9-11-5-6-14(19-2)12(16)8-11/h3-8,10H,9H2,1-2H3,(H,17,18)/t10-/m1/s1. The minimum absolute atomic E-state index is 0.103. The minimum atomic E-state index is -0.475. The Bertz CT molecular complexity index is 581. The van der Waals surface area contributed by atoms with E-state index in [4.69, 9.17) is 9.15 Å². The number of nitrogens with one attached hydrogen (secondary N) is 1. The number of hydrogen-bond acceptors (Lipinski definition) is 3. The van der Waals surface area contributed by atoms with Gasteiger partial charge >= 0.3 is 0 Å². The van der Waals surface area contributed by atoms with Gasteiger partial charge in [0.1, 0.15) is 5.76 Å². The molecule has 20 heavy (non-hydrogen) atoms. The molecule has 0 spiro atoms. The number of amides is 1. The molecule has 1 heterocycles. The summed E-state index contributed by atoms with van der Waals surface area (Å²) in [6.07, 6.45) is 1.66. The number of carbonyl (C=O) groups is 1. The second-order valence-electron chi connectivity index (χ2n) is 4.45. The van der Waals surface area contributed by atoms with Crippen LogP contribution in [0.1, 0.15) is 24.3 Å². The topological polar surface area (TPSA) is 51.5 Å². The summed E-state index contributed by atoms with van der Waals surface area (Å²) >= 11 is 0. The average Bonchev–Trinajstić information content (AvgIpc) is 2.92. The molecule has 1 aromatic carbocycles. The lowest BCUT2D eigenvalue weighted by Crippen LogP contribution is -2.27. The van der Waals surface area contributed by atoms with Gasteiger partial charge in [0.15, 0.2) is 11.6 Å². The van der Waals surface area contributed by atoms with Gasteiger partial charge in [0.25, 0.3) is 0 Å². The van der Waals surface area contributed by atoms with E-state index in [0.29, 0.717) is 11.3 Å². The first kappa shape index (κ1) is 14.1. The highest BCUT2D eigenvalue weighted by Gasteiger charge is 2.13. The van der Waals surface area contributed by atoms with E-state index in [2.05, 4.69) is 5.32 Å². The summed E-state index contributed by atoms with van der Waals surface area (Å²) in [7, 11) is 1.40. The van der Waals surface area contributed by atoms with Crippen LogP contribution >= 0.6 is 0 Å². The van der Waals surface area contributed by atoms with E-state index in [0.717, 1.165) is 0 Å². The van der Waals surface area contributed by atoms with Crippen molar-refractivity contribution in [3.63, 3.8) is 0 Å². The molecule has 0 unspecified atom stereocenters. The molecule has 4 nitrogen and oxygen atoms in total. The van der Waals surface area contributed by atoms with Crippen LogP contribution < -0.4 is 10.1 Å². The van der Waals surface area contributed by atoms with Crippen LogP contribution in [0.2, 0.25) is 0 Å². The number of furan rings is 1. The molecule has 1 N–H and O–H groups in total. The summed E-state index contributed by atoms with van der Waals surface area (Å²) in [4.78, 5) is 11.9. The zero-order chi connectivity index (χ0) is 14.5. The molecule has 1 amide bonds. The fourth-order valence-corrected chi connectivity index (χ4v) is 1.91. The van der Waals surface area contributed by atoms with Crippen molar-refractivity contribution in [1.29, 1.82) is 0 Å². The molecule has 0 aliphatic rings. The van der Waals surface area contributed by atoms with Crippen LogP contribution in [-0.2, 0) is 11.2 Å². The highest BCUT2D eigenvalue weighted by atomic mass is 19.1. The first-order chi connectivity index (χ1) is 9.60. The molecule has 1 aromatic heterocycles. The van der Waals surface area contributed by atoms with Crippen molar-refractivity contribution in [3.8, 4) is 5.75 Å². The fourth-order valence-electron chi connectivity index (χ4n) is 1.91. The number of methoxy groups -OCH3 is 1. The van der Waals surface area contributed by atoms with Gasteiger partial charge in [-0.2, -0.15) is 0 Å². The summed E-state index contributed by atoms with van der Waals surface area (Å²) in [5.41, 5.74) is 0.590. The molecule has 106 valence electrons. The van der Waals surface area contributed by atoms with Gasteiger partial charge < -0.3 is 14.5 Å². The van der Waals surface area contributed by atoms with Crippen molar-refractivity contribution in [2.24, 2.45) is 0 Å². The predicted molar refractivity (Wildman–Crippen MR) is 71.9 cm³/mol. The molecular formula is C15H16FNO3. The van der Waals surface area contributed by atoms with E-state index >= 15 is 0 Å². The van der Waals surface area contributed by atoms with Gasteiger partial charge in [0, 0.05) is 0 Å². The highest BCUT2D eigenvalue weighted by molar-refractivity contribution is 5.78. The third-order valence-electron chi connectivity index (χ3n) is 2.93. The molecule has 0 fully saturated rings. The Morgan fingerprint density at radius 1 is 1.45 bits per heavy atom. The van der Waals surface area contributed by atoms with Crippen molar-refractivity contribution >= 4 is 5.91 Å². The van der Waals surface area contributed by atoms with Crippen LogP contribution in [0.5, 0.6) is 5.75 Å². The summed E-state index contributed by atoms with van der Waals surface area (Å²) in [6, 6.07) is 7.80. The zero-order valence-corrected chi connectivity index (χ0v) is 11.4. The molecular weight excluding hydrogens is 261 g/mol. The zero-order valence-electron chi connectivity index (χ0n) is 11.4. The molecule has 0 saturated heterocycles. The molecule has 1 atom stereocenters. The van der Waals surface area contributed by atoms with Crippen molar-refractivity contribution in [1.82, 2.24) is 5.32 Å². The van der Waals surface area contributed by atoms with Gasteiger partial charge in [-0.1, -0.05) is 6.07 Å². The third kappa shape index (κ3) is 3.38. The van der Waals surface area contributed by atoms with Gasteiger partial charge in [-0.25, -0.2) is 4.39 Å². The van der Waals surface area contributed by atoms with Crippen molar-refractivity contribution in [2.45, 2.75) is 19.4 Å². The Morgan fingerprint density at radius 3 is 2.85 bits per heavy atom. The Balaban J connectivity index is 1.96. The SMILES string of the molecule is COc1ccc(CC(=O)N[C@H](C)c2ccco2)cc1F. The second kappa shape index (κ2) is 6.23. The van der Waals surface area contributed by atoms with Crippen LogP contribution in [0.4, 0.5) is 4.39 Å². The second-order valence-corrected chi connectivity index (χ2v) is 4.45. The average molecular weight is 277 g/mol. The maximum atomic E-state index is 13.5. The molecule has 2 aromatic rings. The van der Waals surface area contributed by atoms with E-state index in [9.17, 15) is 9.18 Å². The van der Waals surface area contributed by atoms with Crippen LogP contribution in [-0.4, -0.2) is 13.0 Å². The molecule has 0 saturated carbocycles. The van der Waals surface area contributed by atoms with Crippen LogP contribution in [0.25, 0.3) is 0 Å². The Labute approximate surface area is 116 Å². The van der Waals surface area contributed by atoms with Crippen molar-refractivity contribution in [2.75, 3.05) is 7.11 Å². The van der Waals surface area contributed by atoms with E-state index in [1.807, 2.05) is 6.92 Å². The maximum absolute atomic E-state index is 13.5. The van der Waals surface area contributed by atoms with Crippen LogP contribution in [0, 0.1) is 5.82 Å². The number of ether oxygens (including phenoxy) is 1. The fraction of sp³-hybridized carbons (Fsp3) is 0.267. The molecule has 0 bridgehead atoms. The smallest absolute Gasteiger partial charge is 0.225 e. The maximum Gasteiger partial charge on any atom is 0.225 e. The highest BCUT2D eigenvalue weighted by Crippen LogP contribution is 2.18. The molecule has 0 radical (unpaired) electrons. The van der Waals surface area contributed by atoms with E-state index < -0.39 is 5.82 Å². The Kier molecular flexibility index (Phi) is 4.40. The van der Waals surface area contributed by atoms with Crippen molar-refractivity contribution < 1.29 is 18.3 Å². The van der Waals surface area contributed by atoms with Gasteiger partial charge in [-0.15, -0.1) is 0 Å². The number of halogens is 1. The van der Waals surface area contributed by atoms with Crippen molar-refractivity contribution in [3.05, 3.63) is 53.7 Å². The first-order valence-electron chi connectivity index (χ1n) is 6.25. The lowest BCUT2D eigenvalue weighted by Gasteiger charge is -2.11. The van der Waals surface area contributed by atoms with Gasteiger partial charge in [0.05, 0.1) is 25.8 Å². The summed E-state index contributed by atoms with van der Waals surface area (Å²) in [5, 5.41) is 2.79. The lowest BCUT2D eigenvalue weighted by atomic mass is 10.1. The largest absolute Gasteiger partial charge is 0.494 e. The quantitative estimate of drug-likeness (QED) is 0.914. The lowest BCUT2D eigenvalue weighted by molar-refractivity contribution is -0.121. The molecule has 0 aliphatic carbocycles. The Hall–Kier alpha value is -2.30. The minimum Gasteiger partial charge on any atom is -0.494 e. The number of benzene rings is 1. The van der Waals surface area contributed by atoms with E-state index in [-0.39, 0.29) is 24.1 Å². The number of hydrogen-bond donors (Lipinski definition) is 1. The molecule has 2 rings (SSSR count). The summed E-state index contributed by atoms with van der Waals surface area (Å²) < 4.78 is 23.5. The molecule has 0 aliphatic heterocycles. The predicted octanol–water partition coefficient (Wildman–Crippen LogP) is 2.85. The number of carbonyl (C=O) groups excluding carboxylic acids is 1. The van der Waals surface area contributed by atoms with Gasteiger partial charge in [-0.05, 0) is 36.8 Å². The molecule has 5 heteroatoms. The van der Waals surface area contributed by atoms with Crippen LogP contribution in [0.3, 0.4) is 0 Å².